The highest BCUT2D eigenvalue weighted by Gasteiger charge is 2.17. The van der Waals surface area contributed by atoms with E-state index in [1.54, 1.807) is 0 Å². The van der Waals surface area contributed by atoms with Gasteiger partial charge in [-0.25, -0.2) is 0 Å². The van der Waals surface area contributed by atoms with Crippen molar-refractivity contribution in [1.29, 1.82) is 0 Å². The van der Waals surface area contributed by atoms with Crippen LogP contribution in [0, 0.1) is 0 Å². The number of rotatable bonds is 5. The van der Waals surface area contributed by atoms with Crippen LogP contribution in [-0.2, 0) is 6.67 Å². The molecule has 1 heterocycles. The zero-order valence-corrected chi connectivity index (χ0v) is 14.5. The summed E-state index contributed by atoms with van der Waals surface area (Å²) in [5, 5.41) is 1.30. The Morgan fingerprint density at radius 2 is 1.43 bits per heavy atom. The number of aromatic nitrogens is 1. The fourth-order valence-corrected chi connectivity index (χ4v) is 3.30. The second-order valence-corrected chi connectivity index (χ2v) is 6.73. The van der Waals surface area contributed by atoms with Gasteiger partial charge in [0.2, 0.25) is 0 Å². The molecule has 0 aliphatic carbocycles. The molecular weight excluding hydrogens is 280 g/mol. The fourth-order valence-electron chi connectivity index (χ4n) is 3.30. The van der Waals surface area contributed by atoms with E-state index < -0.39 is 0 Å². The van der Waals surface area contributed by atoms with Crippen LogP contribution in [0.25, 0.3) is 22.2 Å². The van der Waals surface area contributed by atoms with Crippen molar-refractivity contribution in [2.45, 2.75) is 46.4 Å². The lowest BCUT2D eigenvalue weighted by atomic mass is 10.1. The quantitative estimate of drug-likeness (QED) is 0.614. The lowest BCUT2D eigenvalue weighted by Gasteiger charge is -2.32. The number of benzene rings is 2. The van der Waals surface area contributed by atoms with Crippen LogP contribution in [0.1, 0.15) is 27.7 Å². The molecule has 0 atom stereocenters. The summed E-state index contributed by atoms with van der Waals surface area (Å²) in [6.45, 7) is 10.00. The zero-order chi connectivity index (χ0) is 16.4. The van der Waals surface area contributed by atoms with E-state index in [9.17, 15) is 0 Å². The highest BCUT2D eigenvalue weighted by Crippen LogP contribution is 2.29. The van der Waals surface area contributed by atoms with E-state index in [2.05, 4.69) is 97.8 Å². The normalized spacial score (nSPS) is 12.0. The highest BCUT2D eigenvalue weighted by molar-refractivity contribution is 5.87. The van der Waals surface area contributed by atoms with Crippen LogP contribution in [0.5, 0.6) is 0 Å². The van der Waals surface area contributed by atoms with Crippen molar-refractivity contribution in [3.8, 4) is 11.3 Å². The maximum absolute atomic E-state index is 2.53. The van der Waals surface area contributed by atoms with Crippen LogP contribution in [0.2, 0.25) is 0 Å². The Hall–Kier alpha value is -2.06. The average molecular weight is 306 g/mol. The smallest absolute Gasteiger partial charge is 0.0761 e. The molecule has 0 amide bonds. The van der Waals surface area contributed by atoms with Gasteiger partial charge in [0.05, 0.1) is 12.4 Å². The number of nitrogens with zero attached hydrogens (tertiary/aromatic N) is 2. The predicted octanol–water partition coefficient (Wildman–Crippen LogP) is 5.38. The van der Waals surface area contributed by atoms with E-state index in [0.29, 0.717) is 12.1 Å². The number of hydrogen-bond donors (Lipinski definition) is 0. The van der Waals surface area contributed by atoms with Gasteiger partial charge in [-0.15, -0.1) is 0 Å². The summed E-state index contributed by atoms with van der Waals surface area (Å²) in [7, 11) is 0. The summed E-state index contributed by atoms with van der Waals surface area (Å²) in [5.41, 5.74) is 3.87. The van der Waals surface area contributed by atoms with Gasteiger partial charge in [0, 0.05) is 23.0 Å². The number of hydrogen-bond acceptors (Lipinski definition) is 1. The molecule has 2 aromatic carbocycles. The van der Waals surface area contributed by atoms with Crippen molar-refractivity contribution in [1.82, 2.24) is 9.47 Å². The third kappa shape index (κ3) is 3.18. The fraction of sp³-hybridized carbons (Fsp3) is 0.333. The Labute approximate surface area is 139 Å². The molecule has 0 saturated carbocycles. The first-order valence-corrected chi connectivity index (χ1v) is 8.47. The minimum atomic E-state index is 0.514. The Morgan fingerprint density at radius 1 is 0.826 bits per heavy atom. The largest absolute Gasteiger partial charge is 0.327 e. The van der Waals surface area contributed by atoms with Gasteiger partial charge in [0.1, 0.15) is 0 Å². The van der Waals surface area contributed by atoms with Crippen molar-refractivity contribution in [2.75, 3.05) is 0 Å². The summed E-state index contributed by atoms with van der Waals surface area (Å²) < 4.78 is 2.45. The molecule has 0 spiro atoms. The minimum absolute atomic E-state index is 0.514. The molecule has 23 heavy (non-hydrogen) atoms. The van der Waals surface area contributed by atoms with Crippen molar-refractivity contribution in [3.05, 3.63) is 60.7 Å². The van der Waals surface area contributed by atoms with Crippen molar-refractivity contribution < 1.29 is 0 Å². The van der Waals surface area contributed by atoms with Gasteiger partial charge >= 0.3 is 0 Å². The number of fused-ring (bicyclic) bond motifs is 1. The molecule has 0 aliphatic heterocycles. The van der Waals surface area contributed by atoms with E-state index in [4.69, 9.17) is 0 Å². The predicted molar refractivity (Wildman–Crippen MR) is 99.5 cm³/mol. The van der Waals surface area contributed by atoms with Gasteiger partial charge in [-0.3, -0.25) is 4.90 Å². The van der Waals surface area contributed by atoms with Crippen molar-refractivity contribution >= 4 is 10.9 Å². The highest BCUT2D eigenvalue weighted by atomic mass is 15.3. The van der Waals surface area contributed by atoms with Crippen molar-refractivity contribution in [3.63, 3.8) is 0 Å². The maximum atomic E-state index is 2.53. The van der Waals surface area contributed by atoms with Gasteiger partial charge in [-0.05, 0) is 45.4 Å². The Kier molecular flexibility index (Phi) is 4.53. The molecule has 3 rings (SSSR count). The van der Waals surface area contributed by atoms with Gasteiger partial charge in [0.15, 0.2) is 0 Å². The summed E-state index contributed by atoms with van der Waals surface area (Å²) in [4.78, 5) is 2.53. The van der Waals surface area contributed by atoms with Gasteiger partial charge < -0.3 is 4.57 Å². The topological polar surface area (TPSA) is 8.17 Å². The number of para-hydroxylation sites is 1. The molecule has 120 valence electrons. The molecule has 0 saturated heterocycles. The van der Waals surface area contributed by atoms with Crippen LogP contribution >= 0.6 is 0 Å². The van der Waals surface area contributed by atoms with Crippen molar-refractivity contribution in [2.24, 2.45) is 0 Å². The summed E-state index contributed by atoms with van der Waals surface area (Å²) >= 11 is 0. The third-order valence-electron chi connectivity index (χ3n) is 4.51. The maximum Gasteiger partial charge on any atom is 0.0761 e. The van der Waals surface area contributed by atoms with E-state index >= 15 is 0 Å². The lowest BCUT2D eigenvalue weighted by molar-refractivity contribution is 0.134. The monoisotopic (exact) mass is 306 g/mol. The molecular formula is C21H26N2. The Bertz CT molecular complexity index is 761. The molecule has 0 aliphatic rings. The molecule has 3 aromatic rings. The van der Waals surface area contributed by atoms with E-state index in [0.717, 1.165) is 6.67 Å². The van der Waals surface area contributed by atoms with E-state index in [1.165, 1.54) is 22.2 Å². The first kappa shape index (κ1) is 15.8. The Balaban J connectivity index is 2.13. The van der Waals surface area contributed by atoms with Gasteiger partial charge in [-0.2, -0.15) is 0 Å². The lowest BCUT2D eigenvalue weighted by Crippen LogP contribution is -2.38. The van der Waals surface area contributed by atoms with Crippen LogP contribution in [0.15, 0.2) is 60.7 Å². The van der Waals surface area contributed by atoms with Gasteiger partial charge in [0.25, 0.3) is 0 Å². The molecule has 0 bridgehead atoms. The first-order valence-electron chi connectivity index (χ1n) is 8.47. The molecule has 2 heteroatoms. The molecule has 0 unspecified atom stereocenters. The molecule has 2 nitrogen and oxygen atoms in total. The second-order valence-electron chi connectivity index (χ2n) is 6.73. The second kappa shape index (κ2) is 6.59. The summed E-state index contributed by atoms with van der Waals surface area (Å²) in [6.07, 6.45) is 0. The van der Waals surface area contributed by atoms with Crippen LogP contribution in [0.4, 0.5) is 0 Å². The van der Waals surface area contributed by atoms with Crippen LogP contribution in [-0.4, -0.2) is 21.6 Å². The summed E-state index contributed by atoms with van der Waals surface area (Å²) in [6, 6.07) is 22.7. The SMILES string of the molecule is CC(C)N(Cn1c(-c2ccccc2)cc2ccccc21)C(C)C. The molecule has 0 radical (unpaired) electrons. The summed E-state index contributed by atoms with van der Waals surface area (Å²) in [5.74, 6) is 0. The average Bonchev–Trinajstić information content (AvgIpc) is 2.91. The standard InChI is InChI=1S/C21H26N2/c1-16(2)22(17(3)4)15-23-20-13-9-8-12-19(20)14-21(23)18-10-6-5-7-11-18/h5-14,16-17H,15H2,1-4H3. The molecule has 1 aromatic heterocycles. The van der Waals surface area contributed by atoms with Crippen LogP contribution < -0.4 is 0 Å². The van der Waals surface area contributed by atoms with Crippen LogP contribution in [0.3, 0.4) is 0 Å². The third-order valence-corrected chi connectivity index (χ3v) is 4.51. The van der Waals surface area contributed by atoms with E-state index in [-0.39, 0.29) is 0 Å². The van der Waals surface area contributed by atoms with Gasteiger partial charge in [-0.1, -0.05) is 48.5 Å². The Morgan fingerprint density at radius 3 is 2.09 bits per heavy atom. The first-order chi connectivity index (χ1) is 11.1. The zero-order valence-electron chi connectivity index (χ0n) is 14.5. The molecule has 0 N–H and O–H groups in total. The van der Waals surface area contributed by atoms with E-state index in [1.807, 2.05) is 0 Å². The molecule has 0 fully saturated rings. The minimum Gasteiger partial charge on any atom is -0.327 e.